The minimum Gasteiger partial charge on any atom is -0.481 e. The Labute approximate surface area is 97.3 Å². The van der Waals surface area contributed by atoms with E-state index in [0.717, 1.165) is 0 Å². The summed E-state index contributed by atoms with van der Waals surface area (Å²) in [6.45, 7) is 7.39. The molecule has 0 aromatic rings. The van der Waals surface area contributed by atoms with Gasteiger partial charge in [-0.05, 0) is 11.3 Å². The lowest BCUT2D eigenvalue weighted by Gasteiger charge is -2.19. The molecular weight excluding hydrogens is 230 g/mol. The maximum Gasteiger partial charge on any atom is 0.303 e. The Kier molecular flexibility index (Phi) is 5.41. The molecule has 0 rings (SSSR count). The molecule has 0 saturated carbocycles. The molecule has 2 N–H and O–H groups in total. The summed E-state index contributed by atoms with van der Waals surface area (Å²) in [4.78, 5) is 10.4. The smallest absolute Gasteiger partial charge is 0.303 e. The largest absolute Gasteiger partial charge is 0.481 e. The molecule has 0 amide bonds. The Hall–Kier alpha value is -0.620. The number of hydrogen-bond donors (Lipinski definition) is 2. The van der Waals surface area contributed by atoms with Crippen molar-refractivity contribution in [3.8, 4) is 0 Å². The van der Waals surface area contributed by atoms with E-state index in [1.54, 1.807) is 6.92 Å². The van der Waals surface area contributed by atoms with Gasteiger partial charge in [0.15, 0.2) is 0 Å². The van der Waals surface area contributed by atoms with E-state index in [1.165, 1.54) is 0 Å². The minimum atomic E-state index is -3.31. The highest BCUT2D eigenvalue weighted by Crippen LogP contribution is 2.15. The van der Waals surface area contributed by atoms with Gasteiger partial charge >= 0.3 is 5.97 Å². The van der Waals surface area contributed by atoms with Crippen molar-refractivity contribution in [3.05, 3.63) is 0 Å². The number of rotatable bonds is 6. The molecule has 96 valence electrons. The van der Waals surface area contributed by atoms with Crippen LogP contribution in [0, 0.1) is 11.3 Å². The first-order valence-corrected chi connectivity index (χ1v) is 6.86. The van der Waals surface area contributed by atoms with Gasteiger partial charge in [0, 0.05) is 13.0 Å². The van der Waals surface area contributed by atoms with E-state index in [9.17, 15) is 13.2 Å². The fraction of sp³-hybridized carbons (Fsp3) is 0.900. The lowest BCUT2D eigenvalue weighted by molar-refractivity contribution is -0.137. The molecule has 0 aromatic carbocycles. The molecule has 0 radical (unpaired) electrons. The number of sulfonamides is 1. The fourth-order valence-electron chi connectivity index (χ4n) is 1.26. The number of carboxylic acid groups (broad SMARTS) is 1. The molecule has 0 aliphatic carbocycles. The average molecular weight is 251 g/mol. The van der Waals surface area contributed by atoms with Crippen molar-refractivity contribution in [2.45, 2.75) is 34.1 Å². The zero-order valence-electron chi connectivity index (χ0n) is 10.3. The third kappa shape index (κ3) is 8.67. The van der Waals surface area contributed by atoms with E-state index in [0.29, 0.717) is 0 Å². The highest BCUT2D eigenvalue weighted by atomic mass is 32.2. The van der Waals surface area contributed by atoms with E-state index in [-0.39, 0.29) is 30.1 Å². The number of aliphatic carboxylic acids is 1. The van der Waals surface area contributed by atoms with Gasteiger partial charge in [-0.1, -0.05) is 27.7 Å². The molecule has 0 spiro atoms. The topological polar surface area (TPSA) is 83.5 Å². The van der Waals surface area contributed by atoms with Gasteiger partial charge in [-0.15, -0.1) is 0 Å². The second-order valence-corrected chi connectivity index (χ2v) is 7.18. The van der Waals surface area contributed by atoms with Gasteiger partial charge in [-0.3, -0.25) is 4.79 Å². The van der Waals surface area contributed by atoms with Crippen LogP contribution >= 0.6 is 0 Å². The van der Waals surface area contributed by atoms with Gasteiger partial charge in [0.25, 0.3) is 0 Å². The molecular formula is C10H21NO4S. The number of carboxylic acids is 1. The number of hydrogen-bond acceptors (Lipinski definition) is 3. The summed E-state index contributed by atoms with van der Waals surface area (Å²) in [5, 5.41) is 8.52. The first-order chi connectivity index (χ1) is 7.02. The van der Waals surface area contributed by atoms with Crippen molar-refractivity contribution in [2.75, 3.05) is 12.3 Å². The van der Waals surface area contributed by atoms with Crippen LogP contribution in [-0.4, -0.2) is 31.8 Å². The van der Waals surface area contributed by atoms with Crippen LogP contribution in [0.2, 0.25) is 0 Å². The normalized spacial score (nSPS) is 14.8. The van der Waals surface area contributed by atoms with Crippen molar-refractivity contribution in [3.63, 3.8) is 0 Å². The van der Waals surface area contributed by atoms with Crippen LogP contribution in [-0.2, 0) is 14.8 Å². The van der Waals surface area contributed by atoms with Crippen LogP contribution in [0.4, 0.5) is 0 Å². The van der Waals surface area contributed by atoms with E-state index in [2.05, 4.69) is 4.72 Å². The fourth-order valence-corrected chi connectivity index (χ4v) is 3.04. The Morgan fingerprint density at radius 3 is 2.25 bits per heavy atom. The first-order valence-electron chi connectivity index (χ1n) is 5.21. The Morgan fingerprint density at radius 1 is 1.38 bits per heavy atom. The molecule has 1 atom stereocenters. The molecule has 0 fully saturated rings. The molecule has 0 aliphatic heterocycles. The molecule has 1 unspecified atom stereocenters. The average Bonchev–Trinajstić information content (AvgIpc) is 1.95. The zero-order valence-corrected chi connectivity index (χ0v) is 11.1. The second-order valence-electron chi connectivity index (χ2n) is 5.37. The van der Waals surface area contributed by atoms with E-state index in [4.69, 9.17) is 5.11 Å². The lowest BCUT2D eigenvalue weighted by atomic mass is 10.0. The summed E-state index contributed by atoms with van der Waals surface area (Å²) < 4.78 is 25.6. The molecule has 5 nitrogen and oxygen atoms in total. The summed E-state index contributed by atoms with van der Waals surface area (Å²) in [7, 11) is -3.31. The van der Waals surface area contributed by atoms with Gasteiger partial charge in [-0.2, -0.15) is 0 Å². The maximum absolute atomic E-state index is 11.6. The van der Waals surface area contributed by atoms with Gasteiger partial charge in [0.05, 0.1) is 5.75 Å². The minimum absolute atomic E-state index is 0.0297. The monoisotopic (exact) mass is 251 g/mol. The molecule has 0 heterocycles. The van der Waals surface area contributed by atoms with Crippen molar-refractivity contribution in [1.82, 2.24) is 4.72 Å². The van der Waals surface area contributed by atoms with Gasteiger partial charge in [0.1, 0.15) is 0 Å². The molecule has 0 aromatic heterocycles. The van der Waals surface area contributed by atoms with E-state index < -0.39 is 16.0 Å². The molecule has 0 aliphatic rings. The van der Waals surface area contributed by atoms with Crippen LogP contribution in [0.3, 0.4) is 0 Å². The zero-order chi connectivity index (χ0) is 13.0. The summed E-state index contributed by atoms with van der Waals surface area (Å²) in [5.74, 6) is -1.07. The molecule has 16 heavy (non-hydrogen) atoms. The predicted molar refractivity (Wildman–Crippen MR) is 62.7 cm³/mol. The molecule has 0 bridgehead atoms. The Balaban J connectivity index is 4.15. The summed E-state index contributed by atoms with van der Waals surface area (Å²) in [5.41, 5.74) is -0.304. The van der Waals surface area contributed by atoms with Crippen LogP contribution in [0.25, 0.3) is 0 Å². The third-order valence-electron chi connectivity index (χ3n) is 1.80. The highest BCUT2D eigenvalue weighted by molar-refractivity contribution is 7.89. The standard InChI is InChI=1S/C10H21NO4S/c1-8(5-9(12)13)6-11-16(14,15)7-10(2,3)4/h8,11H,5-7H2,1-4H3,(H,12,13). The summed E-state index contributed by atoms with van der Waals surface area (Å²) in [6, 6.07) is 0. The predicted octanol–water partition coefficient (Wildman–Crippen LogP) is 1.06. The SMILES string of the molecule is CC(CNS(=O)(=O)CC(C)(C)C)CC(=O)O. The summed E-state index contributed by atoms with van der Waals surface area (Å²) >= 11 is 0. The second kappa shape index (κ2) is 5.63. The number of nitrogens with one attached hydrogen (secondary N) is 1. The van der Waals surface area contributed by atoms with Gasteiger partial charge in [-0.25, -0.2) is 13.1 Å². The first kappa shape index (κ1) is 15.4. The van der Waals surface area contributed by atoms with Crippen LogP contribution in [0.1, 0.15) is 34.1 Å². The number of carbonyl (C=O) groups is 1. The summed E-state index contributed by atoms with van der Waals surface area (Å²) in [6.07, 6.45) is -0.0297. The Morgan fingerprint density at radius 2 is 1.88 bits per heavy atom. The van der Waals surface area contributed by atoms with Gasteiger partial charge in [0.2, 0.25) is 10.0 Å². The van der Waals surface area contributed by atoms with E-state index in [1.807, 2.05) is 20.8 Å². The molecule has 0 saturated heterocycles. The van der Waals surface area contributed by atoms with Crippen LogP contribution in [0.15, 0.2) is 0 Å². The lowest BCUT2D eigenvalue weighted by Crippen LogP contribution is -2.35. The van der Waals surface area contributed by atoms with Crippen molar-refractivity contribution in [2.24, 2.45) is 11.3 Å². The maximum atomic E-state index is 11.6. The van der Waals surface area contributed by atoms with E-state index >= 15 is 0 Å². The Bertz CT molecular complexity index is 329. The van der Waals surface area contributed by atoms with Crippen molar-refractivity contribution >= 4 is 16.0 Å². The molecule has 6 heteroatoms. The quantitative estimate of drug-likeness (QED) is 0.739. The van der Waals surface area contributed by atoms with Crippen LogP contribution < -0.4 is 4.72 Å². The van der Waals surface area contributed by atoms with Gasteiger partial charge < -0.3 is 5.11 Å². The van der Waals surface area contributed by atoms with Crippen molar-refractivity contribution < 1.29 is 18.3 Å². The van der Waals surface area contributed by atoms with Crippen LogP contribution in [0.5, 0.6) is 0 Å². The third-order valence-corrected chi connectivity index (χ3v) is 3.65. The highest BCUT2D eigenvalue weighted by Gasteiger charge is 2.21. The van der Waals surface area contributed by atoms with Crippen molar-refractivity contribution in [1.29, 1.82) is 0 Å².